The maximum Gasteiger partial charge on any atom is 0.249 e. The summed E-state index contributed by atoms with van der Waals surface area (Å²) in [6.07, 6.45) is 0.890. The van der Waals surface area contributed by atoms with Crippen molar-refractivity contribution in [3.05, 3.63) is 51.5 Å². The van der Waals surface area contributed by atoms with Gasteiger partial charge in [-0.15, -0.1) is 0 Å². The SMILES string of the molecule is COc1cc(Br)cc(C=NNC(=O)CC(=O)Nc2ccc(C)cc2C)c1O. The molecule has 2 rings (SSSR count). The second kappa shape index (κ2) is 9.18. The third-order valence-corrected chi connectivity index (χ3v) is 4.12. The first kappa shape index (κ1) is 20.4. The molecule has 2 aromatic rings. The summed E-state index contributed by atoms with van der Waals surface area (Å²) in [7, 11) is 1.43. The van der Waals surface area contributed by atoms with E-state index >= 15 is 0 Å². The zero-order chi connectivity index (χ0) is 20.0. The molecular weight excluding hydrogens is 414 g/mol. The molecule has 0 fully saturated rings. The molecule has 2 aromatic carbocycles. The smallest absolute Gasteiger partial charge is 0.249 e. The van der Waals surface area contributed by atoms with Crippen molar-refractivity contribution in [2.45, 2.75) is 20.3 Å². The summed E-state index contributed by atoms with van der Waals surface area (Å²) >= 11 is 3.29. The number of nitrogens with zero attached hydrogens (tertiary/aromatic N) is 1. The average molecular weight is 434 g/mol. The number of anilines is 1. The molecule has 0 aliphatic carbocycles. The van der Waals surface area contributed by atoms with Gasteiger partial charge in [-0.3, -0.25) is 9.59 Å². The highest BCUT2D eigenvalue weighted by Gasteiger charge is 2.11. The van der Waals surface area contributed by atoms with Crippen LogP contribution in [0.15, 0.2) is 39.9 Å². The lowest BCUT2D eigenvalue weighted by molar-refractivity contribution is -0.126. The van der Waals surface area contributed by atoms with Gasteiger partial charge in [-0.1, -0.05) is 33.6 Å². The normalized spacial score (nSPS) is 10.7. The standard InChI is InChI=1S/C19H20BrN3O4/c1-11-4-5-15(12(2)6-11)22-17(24)9-18(25)23-21-10-13-7-14(20)8-16(27-3)19(13)26/h4-8,10,26H,9H2,1-3H3,(H,22,24)(H,23,25). The molecule has 2 amide bonds. The van der Waals surface area contributed by atoms with E-state index in [2.05, 4.69) is 31.8 Å². The van der Waals surface area contributed by atoms with Crippen molar-refractivity contribution in [3.63, 3.8) is 0 Å². The molecule has 0 atom stereocenters. The van der Waals surface area contributed by atoms with Gasteiger partial charge in [0.1, 0.15) is 6.42 Å². The largest absolute Gasteiger partial charge is 0.504 e. The number of aryl methyl sites for hydroxylation is 2. The molecule has 3 N–H and O–H groups in total. The number of carbonyl (C=O) groups is 2. The van der Waals surface area contributed by atoms with Crippen LogP contribution in [-0.2, 0) is 9.59 Å². The molecule has 0 saturated heterocycles. The molecule has 0 unspecified atom stereocenters. The fraction of sp³-hybridized carbons (Fsp3) is 0.211. The van der Waals surface area contributed by atoms with E-state index in [0.717, 1.165) is 11.1 Å². The van der Waals surface area contributed by atoms with Crippen molar-refractivity contribution in [3.8, 4) is 11.5 Å². The number of amides is 2. The summed E-state index contributed by atoms with van der Waals surface area (Å²) in [6, 6.07) is 8.83. The van der Waals surface area contributed by atoms with Crippen LogP contribution in [0.5, 0.6) is 11.5 Å². The third-order valence-electron chi connectivity index (χ3n) is 3.66. The van der Waals surface area contributed by atoms with Crippen LogP contribution in [0.4, 0.5) is 5.69 Å². The van der Waals surface area contributed by atoms with Gasteiger partial charge in [0.05, 0.1) is 13.3 Å². The fourth-order valence-corrected chi connectivity index (χ4v) is 2.81. The molecule has 0 saturated carbocycles. The van der Waals surface area contributed by atoms with Gasteiger partial charge in [0, 0.05) is 15.7 Å². The summed E-state index contributed by atoms with van der Waals surface area (Å²) < 4.78 is 5.72. The summed E-state index contributed by atoms with van der Waals surface area (Å²) in [5.41, 5.74) is 5.27. The van der Waals surface area contributed by atoms with E-state index in [1.807, 2.05) is 26.0 Å². The third kappa shape index (κ3) is 5.82. The van der Waals surface area contributed by atoms with E-state index in [4.69, 9.17) is 4.74 Å². The van der Waals surface area contributed by atoms with Crippen LogP contribution in [0.1, 0.15) is 23.1 Å². The van der Waals surface area contributed by atoms with Crippen LogP contribution in [0.2, 0.25) is 0 Å². The Kier molecular flexibility index (Phi) is 6.95. The number of phenols is 1. The Bertz CT molecular complexity index is 897. The van der Waals surface area contributed by atoms with Gasteiger partial charge in [-0.25, -0.2) is 5.43 Å². The summed E-state index contributed by atoms with van der Waals surface area (Å²) in [4.78, 5) is 23.9. The Morgan fingerprint density at radius 3 is 2.63 bits per heavy atom. The minimum atomic E-state index is -0.574. The lowest BCUT2D eigenvalue weighted by Gasteiger charge is -2.08. The minimum absolute atomic E-state index is 0.105. The van der Waals surface area contributed by atoms with Gasteiger partial charge in [0.2, 0.25) is 11.8 Å². The summed E-state index contributed by atoms with van der Waals surface area (Å²) in [6.45, 7) is 3.84. The summed E-state index contributed by atoms with van der Waals surface area (Å²) in [5.74, 6) is -0.854. The van der Waals surface area contributed by atoms with Gasteiger partial charge >= 0.3 is 0 Å². The number of rotatable bonds is 6. The van der Waals surface area contributed by atoms with E-state index in [0.29, 0.717) is 15.7 Å². The number of halogens is 1. The lowest BCUT2D eigenvalue weighted by Crippen LogP contribution is -2.24. The van der Waals surface area contributed by atoms with Gasteiger partial charge in [-0.05, 0) is 37.6 Å². The van der Waals surface area contributed by atoms with Crippen molar-refractivity contribution >= 4 is 39.6 Å². The van der Waals surface area contributed by atoms with E-state index in [1.54, 1.807) is 18.2 Å². The minimum Gasteiger partial charge on any atom is -0.504 e. The predicted octanol–water partition coefficient (Wildman–Crippen LogP) is 3.26. The molecule has 0 bridgehead atoms. The number of benzene rings is 2. The van der Waals surface area contributed by atoms with Gasteiger partial charge in [-0.2, -0.15) is 5.10 Å². The zero-order valence-corrected chi connectivity index (χ0v) is 16.8. The van der Waals surface area contributed by atoms with E-state index in [9.17, 15) is 14.7 Å². The van der Waals surface area contributed by atoms with Crippen LogP contribution in [0, 0.1) is 13.8 Å². The second-order valence-electron chi connectivity index (χ2n) is 5.88. The molecule has 0 spiro atoms. The Hall–Kier alpha value is -2.87. The lowest BCUT2D eigenvalue weighted by atomic mass is 10.1. The topological polar surface area (TPSA) is 100 Å². The van der Waals surface area contributed by atoms with Gasteiger partial charge in [0.15, 0.2) is 11.5 Å². The quantitative estimate of drug-likeness (QED) is 0.369. The Morgan fingerprint density at radius 2 is 1.96 bits per heavy atom. The average Bonchev–Trinajstić information content (AvgIpc) is 2.60. The number of hydrogen-bond donors (Lipinski definition) is 3. The Balaban J connectivity index is 1.93. The van der Waals surface area contributed by atoms with Crippen molar-refractivity contribution in [1.82, 2.24) is 5.43 Å². The van der Waals surface area contributed by atoms with Crippen LogP contribution >= 0.6 is 15.9 Å². The van der Waals surface area contributed by atoms with Crippen molar-refractivity contribution in [2.24, 2.45) is 5.10 Å². The van der Waals surface area contributed by atoms with Gasteiger partial charge in [0.25, 0.3) is 0 Å². The van der Waals surface area contributed by atoms with Gasteiger partial charge < -0.3 is 15.2 Å². The van der Waals surface area contributed by atoms with Crippen molar-refractivity contribution in [1.29, 1.82) is 0 Å². The number of ether oxygens (including phenoxy) is 1. The van der Waals surface area contributed by atoms with E-state index < -0.39 is 11.8 Å². The van der Waals surface area contributed by atoms with Crippen LogP contribution < -0.4 is 15.5 Å². The van der Waals surface area contributed by atoms with Crippen LogP contribution in [-0.4, -0.2) is 30.2 Å². The number of carbonyl (C=O) groups excluding carboxylic acids is 2. The maximum absolute atomic E-state index is 12.0. The molecule has 142 valence electrons. The number of hydrazone groups is 1. The predicted molar refractivity (Wildman–Crippen MR) is 107 cm³/mol. The highest BCUT2D eigenvalue weighted by molar-refractivity contribution is 9.10. The summed E-state index contributed by atoms with van der Waals surface area (Å²) in [5, 5.41) is 16.5. The molecule has 7 nitrogen and oxygen atoms in total. The highest BCUT2D eigenvalue weighted by Crippen LogP contribution is 2.32. The molecule has 0 aromatic heterocycles. The highest BCUT2D eigenvalue weighted by atomic mass is 79.9. The van der Waals surface area contributed by atoms with E-state index in [1.165, 1.54) is 13.3 Å². The maximum atomic E-state index is 12.0. The number of aromatic hydroxyl groups is 1. The molecule has 0 aliphatic heterocycles. The Labute approximate surface area is 165 Å². The molecular formula is C19H20BrN3O4. The van der Waals surface area contributed by atoms with E-state index in [-0.39, 0.29) is 17.9 Å². The van der Waals surface area contributed by atoms with Crippen LogP contribution in [0.25, 0.3) is 0 Å². The zero-order valence-electron chi connectivity index (χ0n) is 15.2. The fourth-order valence-electron chi connectivity index (χ4n) is 2.36. The van der Waals surface area contributed by atoms with Crippen molar-refractivity contribution in [2.75, 3.05) is 12.4 Å². The van der Waals surface area contributed by atoms with Crippen LogP contribution in [0.3, 0.4) is 0 Å². The number of phenolic OH excluding ortho intramolecular Hbond substituents is 1. The Morgan fingerprint density at radius 1 is 1.22 bits per heavy atom. The van der Waals surface area contributed by atoms with Crippen molar-refractivity contribution < 1.29 is 19.4 Å². The molecule has 0 radical (unpaired) electrons. The first-order valence-corrected chi connectivity index (χ1v) is 8.85. The number of methoxy groups -OCH3 is 1. The monoisotopic (exact) mass is 433 g/mol. The number of nitrogens with one attached hydrogen (secondary N) is 2. The molecule has 0 aliphatic rings. The molecule has 27 heavy (non-hydrogen) atoms. The second-order valence-corrected chi connectivity index (χ2v) is 6.80. The first-order valence-electron chi connectivity index (χ1n) is 8.05. The molecule has 0 heterocycles. The molecule has 8 heteroatoms. The number of hydrogen-bond acceptors (Lipinski definition) is 5. The first-order chi connectivity index (χ1) is 12.8.